The molecule has 0 aliphatic rings. The fraction of sp³-hybridized carbons (Fsp3) is 0.333. The molecule has 2 aromatic rings. The highest BCUT2D eigenvalue weighted by atomic mass is 35.5. The largest absolute Gasteiger partial charge is 0.489 e. The molecule has 1 atom stereocenters. The van der Waals surface area contributed by atoms with Crippen LogP contribution in [-0.4, -0.2) is 17.8 Å². The fourth-order valence-electron chi connectivity index (χ4n) is 2.18. The highest BCUT2D eigenvalue weighted by molar-refractivity contribution is 6.35. The number of halogens is 2. The third-order valence-corrected chi connectivity index (χ3v) is 4.25. The summed E-state index contributed by atoms with van der Waals surface area (Å²) in [4.78, 5) is 0. The van der Waals surface area contributed by atoms with Gasteiger partial charge in [-0.3, -0.25) is 0 Å². The van der Waals surface area contributed by atoms with Crippen molar-refractivity contribution in [1.82, 2.24) is 5.32 Å². The van der Waals surface area contributed by atoms with E-state index in [2.05, 4.69) is 5.32 Å². The van der Waals surface area contributed by atoms with Gasteiger partial charge in [0.1, 0.15) is 12.4 Å². The number of ether oxygens (including phenoxy) is 1. The molecule has 0 saturated carbocycles. The van der Waals surface area contributed by atoms with Crippen molar-refractivity contribution in [3.8, 4) is 5.75 Å². The van der Waals surface area contributed by atoms with Gasteiger partial charge in [-0.15, -0.1) is 0 Å². The standard InChI is InChI=1S/C18H21Cl2NO2/c1-2-16(11-22)21-10-13-5-3-4-6-18(13)23-12-14-7-8-15(19)9-17(14)20/h3-9,16,21-22H,2,10-12H2,1H3/t16-/m0/s1. The normalized spacial score (nSPS) is 12.2. The van der Waals surface area contributed by atoms with Crippen LogP contribution in [0.5, 0.6) is 5.75 Å². The maximum Gasteiger partial charge on any atom is 0.124 e. The van der Waals surface area contributed by atoms with Gasteiger partial charge in [0.25, 0.3) is 0 Å². The molecule has 0 radical (unpaired) electrons. The molecule has 0 fully saturated rings. The number of hydrogen-bond donors (Lipinski definition) is 2. The quantitative estimate of drug-likeness (QED) is 0.737. The summed E-state index contributed by atoms with van der Waals surface area (Å²) < 4.78 is 5.91. The molecule has 0 heterocycles. The summed E-state index contributed by atoms with van der Waals surface area (Å²) in [6, 6.07) is 13.3. The minimum absolute atomic E-state index is 0.0914. The fourth-order valence-corrected chi connectivity index (χ4v) is 2.64. The van der Waals surface area contributed by atoms with Crippen molar-refractivity contribution in [2.24, 2.45) is 0 Å². The van der Waals surface area contributed by atoms with E-state index in [-0.39, 0.29) is 12.6 Å². The van der Waals surface area contributed by atoms with E-state index in [0.29, 0.717) is 23.2 Å². The van der Waals surface area contributed by atoms with Crippen molar-refractivity contribution in [3.05, 3.63) is 63.6 Å². The number of para-hydroxylation sites is 1. The first-order valence-corrected chi connectivity index (χ1v) is 8.38. The second kappa shape index (κ2) is 9.14. The molecular formula is C18H21Cl2NO2. The van der Waals surface area contributed by atoms with Gasteiger partial charge in [0.15, 0.2) is 0 Å². The zero-order valence-electron chi connectivity index (χ0n) is 13.1. The van der Waals surface area contributed by atoms with Gasteiger partial charge in [-0.1, -0.05) is 54.4 Å². The molecule has 2 aromatic carbocycles. The van der Waals surface area contributed by atoms with Crippen molar-refractivity contribution >= 4 is 23.2 Å². The van der Waals surface area contributed by atoms with Gasteiger partial charge in [0, 0.05) is 33.8 Å². The predicted molar refractivity (Wildman–Crippen MR) is 95.2 cm³/mol. The zero-order valence-corrected chi connectivity index (χ0v) is 14.6. The average molecular weight is 354 g/mol. The van der Waals surface area contributed by atoms with Gasteiger partial charge in [-0.05, 0) is 24.6 Å². The van der Waals surface area contributed by atoms with E-state index in [4.69, 9.17) is 27.9 Å². The molecule has 0 saturated heterocycles. The van der Waals surface area contributed by atoms with Crippen LogP contribution in [0.3, 0.4) is 0 Å². The van der Waals surface area contributed by atoms with Crippen LogP contribution in [0.1, 0.15) is 24.5 Å². The third kappa shape index (κ3) is 5.40. The number of aliphatic hydroxyl groups excluding tert-OH is 1. The second-order valence-electron chi connectivity index (χ2n) is 5.30. The molecule has 0 aliphatic carbocycles. The lowest BCUT2D eigenvalue weighted by Crippen LogP contribution is -2.31. The Bertz CT molecular complexity index is 630. The Morgan fingerprint density at radius 2 is 1.91 bits per heavy atom. The van der Waals surface area contributed by atoms with Crippen molar-refractivity contribution in [2.45, 2.75) is 32.5 Å². The number of hydrogen-bond acceptors (Lipinski definition) is 3. The summed E-state index contributed by atoms with van der Waals surface area (Å²) in [5, 5.41) is 13.8. The predicted octanol–water partition coefficient (Wildman–Crippen LogP) is 4.43. The molecule has 0 aliphatic heterocycles. The lowest BCUT2D eigenvalue weighted by molar-refractivity contribution is 0.237. The molecule has 0 amide bonds. The molecule has 0 aromatic heterocycles. The van der Waals surface area contributed by atoms with Crippen LogP contribution in [-0.2, 0) is 13.2 Å². The Labute approximate surface area is 147 Å². The number of nitrogens with one attached hydrogen (secondary N) is 1. The van der Waals surface area contributed by atoms with Crippen molar-refractivity contribution in [2.75, 3.05) is 6.61 Å². The van der Waals surface area contributed by atoms with E-state index in [0.717, 1.165) is 23.3 Å². The lowest BCUT2D eigenvalue weighted by Gasteiger charge is -2.16. The van der Waals surface area contributed by atoms with E-state index >= 15 is 0 Å². The van der Waals surface area contributed by atoms with Crippen molar-refractivity contribution in [3.63, 3.8) is 0 Å². The summed E-state index contributed by atoms with van der Waals surface area (Å²) in [6.45, 7) is 3.19. The minimum Gasteiger partial charge on any atom is -0.489 e. The first-order chi connectivity index (χ1) is 11.1. The summed E-state index contributed by atoms with van der Waals surface area (Å²) >= 11 is 12.1. The Morgan fingerprint density at radius 1 is 1.13 bits per heavy atom. The van der Waals surface area contributed by atoms with Crippen LogP contribution < -0.4 is 10.1 Å². The topological polar surface area (TPSA) is 41.5 Å². The Kier molecular flexibility index (Phi) is 7.18. The minimum atomic E-state index is 0.0914. The monoisotopic (exact) mass is 353 g/mol. The maximum atomic E-state index is 9.26. The Morgan fingerprint density at radius 3 is 2.61 bits per heavy atom. The van der Waals surface area contributed by atoms with Gasteiger partial charge in [-0.2, -0.15) is 0 Å². The van der Waals surface area contributed by atoms with Crippen LogP contribution >= 0.6 is 23.2 Å². The van der Waals surface area contributed by atoms with E-state index in [1.165, 1.54) is 0 Å². The van der Waals surface area contributed by atoms with Gasteiger partial charge in [-0.25, -0.2) is 0 Å². The zero-order chi connectivity index (χ0) is 16.7. The van der Waals surface area contributed by atoms with Crippen LogP contribution in [0.15, 0.2) is 42.5 Å². The molecule has 2 rings (SSSR count). The first kappa shape index (κ1) is 18.1. The van der Waals surface area contributed by atoms with Crippen LogP contribution in [0, 0.1) is 0 Å². The molecule has 23 heavy (non-hydrogen) atoms. The summed E-state index contributed by atoms with van der Waals surface area (Å²) in [7, 11) is 0. The summed E-state index contributed by atoms with van der Waals surface area (Å²) in [5.74, 6) is 0.804. The number of aliphatic hydroxyl groups is 1. The molecule has 0 bridgehead atoms. The Balaban J connectivity index is 2.02. The average Bonchev–Trinajstić information content (AvgIpc) is 2.56. The van der Waals surface area contributed by atoms with Gasteiger partial charge >= 0.3 is 0 Å². The highest BCUT2D eigenvalue weighted by Gasteiger charge is 2.08. The smallest absolute Gasteiger partial charge is 0.124 e. The molecule has 0 spiro atoms. The maximum absolute atomic E-state index is 9.26. The second-order valence-corrected chi connectivity index (χ2v) is 6.14. The molecule has 5 heteroatoms. The SMILES string of the molecule is CC[C@@H](CO)NCc1ccccc1OCc1ccc(Cl)cc1Cl. The van der Waals surface area contributed by atoms with E-state index in [1.54, 1.807) is 12.1 Å². The van der Waals surface area contributed by atoms with Crippen molar-refractivity contribution in [1.29, 1.82) is 0 Å². The van der Waals surface area contributed by atoms with Crippen LogP contribution in [0.25, 0.3) is 0 Å². The van der Waals surface area contributed by atoms with E-state index in [9.17, 15) is 5.11 Å². The first-order valence-electron chi connectivity index (χ1n) is 7.63. The Hall–Kier alpha value is -1.26. The van der Waals surface area contributed by atoms with Gasteiger partial charge in [0.05, 0.1) is 6.61 Å². The third-order valence-electron chi connectivity index (χ3n) is 3.67. The molecule has 124 valence electrons. The molecule has 3 nitrogen and oxygen atoms in total. The highest BCUT2D eigenvalue weighted by Crippen LogP contribution is 2.24. The molecule has 0 unspecified atom stereocenters. The molecular weight excluding hydrogens is 333 g/mol. The molecule has 2 N–H and O–H groups in total. The van der Waals surface area contributed by atoms with Gasteiger partial charge in [0.2, 0.25) is 0 Å². The van der Waals surface area contributed by atoms with E-state index < -0.39 is 0 Å². The van der Waals surface area contributed by atoms with Crippen LogP contribution in [0.2, 0.25) is 10.0 Å². The van der Waals surface area contributed by atoms with Crippen molar-refractivity contribution < 1.29 is 9.84 Å². The number of benzene rings is 2. The number of rotatable bonds is 8. The summed E-state index contributed by atoms with van der Waals surface area (Å²) in [5.41, 5.74) is 1.94. The van der Waals surface area contributed by atoms with Crippen LogP contribution in [0.4, 0.5) is 0 Å². The van der Waals surface area contributed by atoms with E-state index in [1.807, 2.05) is 37.3 Å². The van der Waals surface area contributed by atoms with Gasteiger partial charge < -0.3 is 15.2 Å². The lowest BCUT2D eigenvalue weighted by atomic mass is 10.1. The summed E-state index contributed by atoms with van der Waals surface area (Å²) in [6.07, 6.45) is 0.875.